The molecule has 0 spiro atoms. The van der Waals surface area contributed by atoms with Gasteiger partial charge in [0.05, 0.1) is 0 Å². The van der Waals surface area contributed by atoms with Gasteiger partial charge in [0, 0.05) is 36.2 Å². The van der Waals surface area contributed by atoms with Crippen LogP contribution < -0.4 is 0 Å². The molecule has 2 saturated carbocycles. The Labute approximate surface area is 193 Å². The third-order valence-electron chi connectivity index (χ3n) is 8.52. The fourth-order valence-corrected chi connectivity index (χ4v) is 7.23. The van der Waals surface area contributed by atoms with Crippen LogP contribution in [-0.4, -0.2) is 41.9 Å². The van der Waals surface area contributed by atoms with Gasteiger partial charge in [0.25, 0.3) is 0 Å². The Morgan fingerprint density at radius 1 is 1.15 bits per heavy atom. The van der Waals surface area contributed by atoms with Gasteiger partial charge in [-0.2, -0.15) is 0 Å². The van der Waals surface area contributed by atoms with Gasteiger partial charge in [0.1, 0.15) is 6.10 Å². The third kappa shape index (κ3) is 3.34. The van der Waals surface area contributed by atoms with Crippen LogP contribution in [0.4, 0.5) is 4.39 Å². The molecule has 6 atom stereocenters. The van der Waals surface area contributed by atoms with E-state index in [-0.39, 0.29) is 30.5 Å². The van der Waals surface area contributed by atoms with Gasteiger partial charge in [-0.3, -0.25) is 19.2 Å². The first-order valence-corrected chi connectivity index (χ1v) is 11.5. The van der Waals surface area contributed by atoms with Gasteiger partial charge in [-0.1, -0.05) is 24.1 Å². The number of carbonyl (C=O) groups is 4. The van der Waals surface area contributed by atoms with E-state index >= 15 is 4.39 Å². The molecule has 0 aliphatic heterocycles. The van der Waals surface area contributed by atoms with Gasteiger partial charge in [0.15, 0.2) is 23.8 Å². The smallest absolute Gasteiger partial charge is 0.303 e. The Morgan fingerprint density at radius 2 is 1.85 bits per heavy atom. The molecule has 33 heavy (non-hydrogen) atoms. The van der Waals surface area contributed by atoms with E-state index in [1.165, 1.54) is 26.0 Å². The van der Waals surface area contributed by atoms with Crippen molar-refractivity contribution in [2.45, 2.75) is 72.1 Å². The van der Waals surface area contributed by atoms with Crippen LogP contribution in [-0.2, 0) is 28.7 Å². The fraction of sp³-hybridized carbons (Fsp3) is 0.615. The molecule has 0 N–H and O–H groups in total. The highest BCUT2D eigenvalue weighted by atomic mass is 19.1. The summed E-state index contributed by atoms with van der Waals surface area (Å²) in [4.78, 5) is 48.5. The highest BCUT2D eigenvalue weighted by Gasteiger charge is 2.71. The summed E-state index contributed by atoms with van der Waals surface area (Å²) in [6, 6.07) is 0. The van der Waals surface area contributed by atoms with Crippen LogP contribution in [0.2, 0.25) is 0 Å². The zero-order valence-corrected chi connectivity index (χ0v) is 19.8. The predicted octanol–water partition coefficient (Wildman–Crippen LogP) is 3.99. The molecule has 4 aliphatic carbocycles. The number of ketones is 2. The molecule has 0 unspecified atom stereocenters. The average Bonchev–Trinajstić information content (AvgIpc) is 2.97. The Bertz CT molecular complexity index is 1040. The zero-order chi connectivity index (χ0) is 24.3. The molecule has 0 heterocycles. The van der Waals surface area contributed by atoms with Crippen LogP contribution in [0.3, 0.4) is 0 Å². The minimum Gasteiger partial charge on any atom is -0.459 e. The molecular formula is C26H31FO6. The number of ether oxygens (including phenoxy) is 2. The summed E-state index contributed by atoms with van der Waals surface area (Å²) in [6.07, 6.45) is 5.23. The van der Waals surface area contributed by atoms with E-state index in [4.69, 9.17) is 9.47 Å². The molecule has 7 heteroatoms. The Kier molecular flexibility index (Phi) is 5.53. The van der Waals surface area contributed by atoms with E-state index in [2.05, 4.69) is 0 Å². The van der Waals surface area contributed by atoms with Crippen molar-refractivity contribution in [3.8, 4) is 0 Å². The van der Waals surface area contributed by atoms with E-state index in [9.17, 15) is 19.2 Å². The van der Waals surface area contributed by atoms with Crippen LogP contribution in [0.25, 0.3) is 0 Å². The number of rotatable bonds is 4. The van der Waals surface area contributed by atoms with E-state index in [0.29, 0.717) is 24.8 Å². The van der Waals surface area contributed by atoms with Crippen molar-refractivity contribution < 1.29 is 33.0 Å². The van der Waals surface area contributed by atoms with E-state index in [1.54, 1.807) is 13.0 Å². The molecule has 0 amide bonds. The number of esters is 2. The van der Waals surface area contributed by atoms with Crippen molar-refractivity contribution in [2.24, 2.45) is 22.7 Å². The molecule has 2 fully saturated rings. The maximum Gasteiger partial charge on any atom is 0.303 e. The second-order valence-electron chi connectivity index (χ2n) is 10.4. The minimum atomic E-state index is -1.92. The lowest BCUT2D eigenvalue weighted by Gasteiger charge is -2.62. The maximum atomic E-state index is 17.6. The second kappa shape index (κ2) is 7.74. The summed E-state index contributed by atoms with van der Waals surface area (Å²) in [7, 11) is 0. The van der Waals surface area contributed by atoms with E-state index in [1.807, 2.05) is 13.8 Å². The summed E-state index contributed by atoms with van der Waals surface area (Å²) < 4.78 is 28.2. The summed E-state index contributed by atoms with van der Waals surface area (Å²) >= 11 is 0. The number of allylic oxidation sites excluding steroid dienone is 5. The summed E-state index contributed by atoms with van der Waals surface area (Å²) in [5.41, 5.74) is -1.56. The van der Waals surface area contributed by atoms with Gasteiger partial charge >= 0.3 is 11.9 Å². The molecule has 0 radical (unpaired) electrons. The molecule has 0 aromatic carbocycles. The molecule has 178 valence electrons. The van der Waals surface area contributed by atoms with Crippen LogP contribution in [0.15, 0.2) is 34.9 Å². The number of Topliss-reactive ketones (excluding diaryl/α,β-unsaturated/α-hetero) is 1. The largest absolute Gasteiger partial charge is 0.459 e. The Hall–Kier alpha value is -2.57. The van der Waals surface area contributed by atoms with E-state index in [0.717, 1.165) is 11.1 Å². The summed E-state index contributed by atoms with van der Waals surface area (Å²) in [5.74, 6) is -2.22. The topological polar surface area (TPSA) is 86.7 Å². The Morgan fingerprint density at radius 3 is 2.48 bits per heavy atom. The van der Waals surface area contributed by atoms with Crippen molar-refractivity contribution in [2.75, 3.05) is 6.61 Å². The standard InChI is InChI=1S/C26H31FO6/c1-14-10-20-19-7-6-17-11-18(30)8-9-25(17,5)26(19,27)22(33-16(3)29)12-24(20,4)23(14)21(31)13-32-15(2)28/h8-9,11,19-20,22H,6-7,10,12-13H2,1-5H3/t19-,20-,22-,24-,25-,26-/m0/s1. The normalized spacial score (nSPS) is 39.3. The number of fused-ring (bicyclic) bond motifs is 5. The SMILES string of the molecule is CC(=O)OCC(=O)C1=C(C)C[C@H]2[C@@H]3CCC4=CC(=O)C=C[C@]4(C)[C@@]3(F)[C@@H](OC(C)=O)C[C@]12C. The first-order chi connectivity index (χ1) is 15.3. The molecular weight excluding hydrogens is 427 g/mol. The van der Waals surface area contributed by atoms with Gasteiger partial charge < -0.3 is 9.47 Å². The average molecular weight is 459 g/mol. The number of halogens is 1. The first-order valence-electron chi connectivity index (χ1n) is 11.5. The Balaban J connectivity index is 1.80. The number of carbonyl (C=O) groups excluding carboxylic acids is 4. The van der Waals surface area contributed by atoms with E-state index < -0.39 is 40.5 Å². The van der Waals surface area contributed by atoms with Crippen molar-refractivity contribution in [1.82, 2.24) is 0 Å². The van der Waals surface area contributed by atoms with Gasteiger partial charge in [-0.05, 0) is 57.6 Å². The highest BCUT2D eigenvalue weighted by molar-refractivity contribution is 6.01. The second-order valence-corrected chi connectivity index (χ2v) is 10.4. The monoisotopic (exact) mass is 458 g/mol. The lowest BCUT2D eigenvalue weighted by atomic mass is 9.45. The maximum absolute atomic E-state index is 17.6. The van der Waals surface area contributed by atoms with Crippen molar-refractivity contribution in [3.05, 3.63) is 34.9 Å². The minimum absolute atomic E-state index is 0.146. The van der Waals surface area contributed by atoms with Gasteiger partial charge in [-0.15, -0.1) is 0 Å². The summed E-state index contributed by atoms with van der Waals surface area (Å²) in [6.45, 7) is 7.76. The van der Waals surface area contributed by atoms with Gasteiger partial charge in [-0.25, -0.2) is 4.39 Å². The molecule has 6 nitrogen and oxygen atoms in total. The quantitative estimate of drug-likeness (QED) is 0.592. The molecule has 0 saturated heterocycles. The molecule has 4 aliphatic rings. The first kappa shape index (κ1) is 23.6. The molecule has 4 rings (SSSR count). The number of hydrogen-bond acceptors (Lipinski definition) is 6. The van der Waals surface area contributed by atoms with Crippen LogP contribution in [0.1, 0.15) is 60.3 Å². The van der Waals surface area contributed by atoms with Gasteiger partial charge in [0.2, 0.25) is 0 Å². The predicted molar refractivity (Wildman–Crippen MR) is 118 cm³/mol. The van der Waals surface area contributed by atoms with Crippen molar-refractivity contribution in [1.29, 1.82) is 0 Å². The molecule has 0 aromatic heterocycles. The van der Waals surface area contributed by atoms with Crippen LogP contribution in [0.5, 0.6) is 0 Å². The fourth-order valence-electron chi connectivity index (χ4n) is 7.23. The number of hydrogen-bond donors (Lipinski definition) is 0. The lowest BCUT2D eigenvalue weighted by Crippen LogP contribution is -2.67. The summed E-state index contributed by atoms with van der Waals surface area (Å²) in [5, 5.41) is 0. The lowest BCUT2D eigenvalue weighted by molar-refractivity contribution is -0.206. The molecule has 0 aromatic rings. The highest BCUT2D eigenvalue weighted by Crippen LogP contribution is 2.69. The third-order valence-corrected chi connectivity index (χ3v) is 8.52. The van der Waals surface area contributed by atoms with Crippen LogP contribution in [0, 0.1) is 22.7 Å². The van der Waals surface area contributed by atoms with Crippen LogP contribution >= 0.6 is 0 Å². The molecule has 0 bridgehead atoms. The zero-order valence-electron chi connectivity index (χ0n) is 19.8. The van der Waals surface area contributed by atoms with Crippen molar-refractivity contribution in [3.63, 3.8) is 0 Å². The number of alkyl halides is 1. The van der Waals surface area contributed by atoms with Crippen molar-refractivity contribution >= 4 is 23.5 Å².